The number of carboxylic acids is 1. The fourth-order valence-electron chi connectivity index (χ4n) is 4.46. The predicted octanol–water partition coefficient (Wildman–Crippen LogP) is -4.83. The highest BCUT2D eigenvalue weighted by molar-refractivity contribution is 5.75. The molecule has 2 aliphatic rings. The normalized spacial score (nSPS) is 17.5. The van der Waals surface area contributed by atoms with Crippen LogP contribution in [0.5, 0.6) is 11.5 Å². The van der Waals surface area contributed by atoms with Crippen LogP contribution in [0.2, 0.25) is 0 Å². The topological polar surface area (TPSA) is 140 Å². The van der Waals surface area contributed by atoms with Crippen molar-refractivity contribution in [1.82, 2.24) is 0 Å². The predicted molar refractivity (Wildman–Crippen MR) is 128 cm³/mol. The van der Waals surface area contributed by atoms with E-state index >= 15 is 0 Å². The molecule has 1 atom stereocenters. The molecule has 11 heteroatoms. The number of nitrogens with zero attached hydrogens (tertiary/aromatic N) is 2. The lowest BCUT2D eigenvalue weighted by Gasteiger charge is -2.24. The van der Waals surface area contributed by atoms with Crippen LogP contribution in [-0.4, -0.2) is 57.8 Å². The maximum absolute atomic E-state index is 12.0. The van der Waals surface area contributed by atoms with E-state index in [9.17, 15) is 9.90 Å². The third-order valence-corrected chi connectivity index (χ3v) is 6.46. The summed E-state index contributed by atoms with van der Waals surface area (Å²) < 4.78 is 16.0. The summed E-state index contributed by atoms with van der Waals surface area (Å²) in [4.78, 5) is 12.0. The number of benzene rings is 2. The summed E-state index contributed by atoms with van der Waals surface area (Å²) in [5, 5.41) is 9.82. The van der Waals surface area contributed by atoms with Gasteiger partial charge in [0, 0.05) is 31.7 Å². The number of nitrogens with two attached hydrogens (primary N) is 3. The van der Waals surface area contributed by atoms with E-state index in [0.29, 0.717) is 23.6 Å². The first-order valence-electron chi connectivity index (χ1n) is 11.5. The molecule has 0 aliphatic carbocycles. The van der Waals surface area contributed by atoms with Gasteiger partial charge < -0.3 is 39.4 Å². The molecule has 0 saturated carbocycles. The number of hydrogen-bond acceptors (Lipinski definition) is 3. The molecule has 2 aliphatic heterocycles. The summed E-state index contributed by atoms with van der Waals surface area (Å²) in [6, 6.07) is 12.7. The molecule has 2 aromatic rings. The van der Waals surface area contributed by atoms with Gasteiger partial charge in [0.2, 0.25) is 11.9 Å². The first kappa shape index (κ1) is 29.1. The standard InChI is InChI=1S/C25H31N5O4.2ClH/c1-16(26)29-12-9-21(10-13-29)33-20-5-3-18(4-6-20)23(24(31)32)34-22-7-2-17-8-11-30(25(27)28)15-19(17)14-22;;/h2-7,14,21,23,26H,8-13,15H2,1H3,(H4,27,28,31,32);2*1H. The average molecular weight is 538 g/mol. The summed E-state index contributed by atoms with van der Waals surface area (Å²) in [7, 11) is 0. The smallest absolute Gasteiger partial charge is 0.349 e. The summed E-state index contributed by atoms with van der Waals surface area (Å²) in [6.45, 7) is 4.98. The van der Waals surface area contributed by atoms with Crippen molar-refractivity contribution >= 4 is 17.8 Å². The third kappa shape index (κ3) is 6.95. The fourth-order valence-corrected chi connectivity index (χ4v) is 4.46. The van der Waals surface area contributed by atoms with Crippen LogP contribution in [0.4, 0.5) is 0 Å². The number of carbonyl (C=O) groups is 1. The molecular weight excluding hydrogens is 505 g/mol. The zero-order valence-corrected chi connectivity index (χ0v) is 21.7. The molecule has 0 radical (unpaired) electrons. The Bertz CT molecular complexity index is 1120. The van der Waals surface area contributed by atoms with E-state index in [-0.39, 0.29) is 36.9 Å². The summed E-state index contributed by atoms with van der Waals surface area (Å²) in [6.07, 6.45) is 1.58. The third-order valence-electron chi connectivity index (χ3n) is 6.46. The lowest BCUT2D eigenvalue weighted by molar-refractivity contribution is -0.549. The molecule has 196 valence electrons. The molecule has 36 heavy (non-hydrogen) atoms. The molecule has 1 unspecified atom stereocenters. The number of piperidine rings is 1. The van der Waals surface area contributed by atoms with Gasteiger partial charge in [0.25, 0.3) is 0 Å². The van der Waals surface area contributed by atoms with Crippen LogP contribution >= 0.6 is 0 Å². The summed E-state index contributed by atoms with van der Waals surface area (Å²) in [5.41, 5.74) is 20.1. The number of carboxylic acid groups (broad SMARTS) is 1. The van der Waals surface area contributed by atoms with Crippen LogP contribution in [0, 0.1) is 0 Å². The molecule has 0 bridgehead atoms. The monoisotopic (exact) mass is 537 g/mol. The van der Waals surface area contributed by atoms with Crippen LogP contribution in [-0.2, 0) is 17.8 Å². The maximum Gasteiger partial charge on any atom is 0.349 e. The van der Waals surface area contributed by atoms with Gasteiger partial charge in [-0.2, -0.15) is 0 Å². The SMILES string of the molecule is CC(N)=[N+]1CCC(Oc2ccc(C(Oc3ccc4c(c3)C[N+](=C(N)N)CC4)C(=O)O)cc2)CC1.[Cl-].[Cl-]. The number of ether oxygens (including phenoxy) is 2. The summed E-state index contributed by atoms with van der Waals surface area (Å²) >= 11 is 0. The number of rotatable bonds is 6. The first-order chi connectivity index (χ1) is 16.3. The van der Waals surface area contributed by atoms with E-state index in [1.54, 1.807) is 24.3 Å². The molecule has 0 aromatic heterocycles. The second-order valence-electron chi connectivity index (χ2n) is 8.88. The number of hydrogen-bond donors (Lipinski definition) is 4. The van der Waals surface area contributed by atoms with Crippen molar-refractivity contribution in [3.63, 3.8) is 0 Å². The van der Waals surface area contributed by atoms with Crippen molar-refractivity contribution in [1.29, 1.82) is 0 Å². The quantitative estimate of drug-likeness (QED) is 0.214. The van der Waals surface area contributed by atoms with Crippen LogP contribution < -0.4 is 51.5 Å². The van der Waals surface area contributed by atoms with Crippen LogP contribution in [0.3, 0.4) is 0 Å². The number of guanidine groups is 1. The molecular formula is C25H33Cl2N5O4. The van der Waals surface area contributed by atoms with Crippen molar-refractivity contribution in [3.8, 4) is 11.5 Å². The largest absolute Gasteiger partial charge is 1.00 e. The minimum atomic E-state index is -1.13. The maximum atomic E-state index is 12.0. The average Bonchev–Trinajstić information content (AvgIpc) is 2.83. The van der Waals surface area contributed by atoms with Gasteiger partial charge in [-0.05, 0) is 35.4 Å². The molecule has 9 nitrogen and oxygen atoms in total. The molecule has 7 N–H and O–H groups in total. The molecule has 0 amide bonds. The van der Waals surface area contributed by atoms with Gasteiger partial charge in [0.1, 0.15) is 17.6 Å². The van der Waals surface area contributed by atoms with Crippen molar-refractivity contribution < 1.29 is 53.3 Å². The Morgan fingerprint density at radius 2 is 1.58 bits per heavy atom. The zero-order chi connectivity index (χ0) is 24.2. The van der Waals surface area contributed by atoms with Crippen molar-refractivity contribution in [2.24, 2.45) is 17.2 Å². The van der Waals surface area contributed by atoms with Gasteiger partial charge in [0.05, 0.1) is 26.2 Å². The summed E-state index contributed by atoms with van der Waals surface area (Å²) in [5.74, 6) is 1.25. The Labute approximate surface area is 223 Å². The second-order valence-corrected chi connectivity index (χ2v) is 8.88. The second kappa shape index (κ2) is 12.7. The minimum absolute atomic E-state index is 0. The Kier molecular flexibility index (Phi) is 10.2. The highest BCUT2D eigenvalue weighted by Crippen LogP contribution is 2.28. The number of fused-ring (bicyclic) bond motifs is 1. The van der Waals surface area contributed by atoms with E-state index in [4.69, 9.17) is 26.7 Å². The lowest BCUT2D eigenvalue weighted by Crippen LogP contribution is -3.00. The highest BCUT2D eigenvalue weighted by atomic mass is 35.5. The van der Waals surface area contributed by atoms with E-state index in [0.717, 1.165) is 50.3 Å². The van der Waals surface area contributed by atoms with Crippen molar-refractivity contribution in [2.75, 3.05) is 19.6 Å². The number of amidine groups is 1. The van der Waals surface area contributed by atoms with Crippen LogP contribution in [0.15, 0.2) is 42.5 Å². The van der Waals surface area contributed by atoms with E-state index in [2.05, 4.69) is 4.58 Å². The van der Waals surface area contributed by atoms with Crippen LogP contribution in [0.25, 0.3) is 0 Å². The van der Waals surface area contributed by atoms with E-state index in [1.165, 1.54) is 5.56 Å². The Morgan fingerprint density at radius 1 is 0.944 bits per heavy atom. The Hall–Kier alpha value is -3.17. The van der Waals surface area contributed by atoms with E-state index in [1.807, 2.05) is 29.7 Å². The van der Waals surface area contributed by atoms with Crippen LogP contribution in [0.1, 0.15) is 42.6 Å². The molecule has 2 aromatic carbocycles. The van der Waals surface area contributed by atoms with Gasteiger partial charge in [-0.25, -0.2) is 4.79 Å². The molecule has 0 spiro atoms. The highest BCUT2D eigenvalue weighted by Gasteiger charge is 2.25. The molecule has 1 fully saturated rings. The molecule has 1 saturated heterocycles. The number of halogens is 2. The Morgan fingerprint density at radius 3 is 2.17 bits per heavy atom. The van der Waals surface area contributed by atoms with Gasteiger partial charge in [-0.1, -0.05) is 18.2 Å². The zero-order valence-electron chi connectivity index (χ0n) is 20.2. The first-order valence-corrected chi connectivity index (χ1v) is 11.5. The van der Waals surface area contributed by atoms with Crippen molar-refractivity contribution in [2.45, 2.75) is 44.9 Å². The van der Waals surface area contributed by atoms with Gasteiger partial charge in [-0.3, -0.25) is 26.4 Å². The Balaban J connectivity index is 0.00000228. The fraction of sp³-hybridized carbons (Fsp3) is 0.400. The minimum Gasteiger partial charge on any atom is -1.00 e. The van der Waals surface area contributed by atoms with Gasteiger partial charge in [-0.15, -0.1) is 0 Å². The molecule has 4 rings (SSSR count). The molecule has 2 heterocycles. The number of aliphatic carboxylic acids is 1. The van der Waals surface area contributed by atoms with Crippen molar-refractivity contribution in [3.05, 3.63) is 59.2 Å². The van der Waals surface area contributed by atoms with E-state index < -0.39 is 12.1 Å². The van der Waals surface area contributed by atoms with Gasteiger partial charge in [0.15, 0.2) is 0 Å². The lowest BCUT2D eigenvalue weighted by atomic mass is 10.0. The van der Waals surface area contributed by atoms with Gasteiger partial charge >= 0.3 is 11.9 Å².